The average Bonchev–Trinajstić information content (AvgIpc) is 2.39. The Balaban J connectivity index is -0.000000451. The summed E-state index contributed by atoms with van der Waals surface area (Å²) in [6, 6.07) is 0. The second kappa shape index (κ2) is 22.5. The number of carboxylic acids is 1. The van der Waals surface area contributed by atoms with Crippen LogP contribution in [0.4, 0.5) is 0 Å². The van der Waals surface area contributed by atoms with Crippen molar-refractivity contribution in [3.05, 3.63) is 0 Å². The predicted octanol–water partition coefficient (Wildman–Crippen LogP) is 1.01. The molecule has 1 fully saturated rings. The van der Waals surface area contributed by atoms with E-state index in [1.807, 2.05) is 0 Å². The largest absolute Gasteiger partial charge is 0.481 e. The second-order valence-corrected chi connectivity index (χ2v) is 4.94. The Kier molecular flexibility index (Phi) is 30.5. The van der Waals surface area contributed by atoms with Crippen LogP contribution in [-0.2, 0) is 4.79 Å². The van der Waals surface area contributed by atoms with Crippen molar-refractivity contribution in [3.63, 3.8) is 0 Å². The van der Waals surface area contributed by atoms with Gasteiger partial charge in [0.05, 0.1) is 6.42 Å². The van der Waals surface area contributed by atoms with Gasteiger partial charge >= 0.3 is 5.97 Å². The van der Waals surface area contributed by atoms with Crippen molar-refractivity contribution >= 4 is 55.6 Å². The number of nitrogens with zero attached hydrogens (tertiary/aromatic N) is 1. The molecule has 1 heterocycles. The molecule has 0 aliphatic carbocycles. The zero-order chi connectivity index (χ0) is 13.8. The molecule has 0 spiro atoms. The maximum absolute atomic E-state index is 10.6. The van der Waals surface area contributed by atoms with Crippen molar-refractivity contribution in [1.29, 1.82) is 0 Å². The van der Waals surface area contributed by atoms with E-state index in [4.69, 9.17) is 5.11 Å². The molecule has 10 heteroatoms. The highest BCUT2D eigenvalue weighted by atomic mass is 35.5. The monoisotopic (exact) mass is 416 g/mol. The van der Waals surface area contributed by atoms with Crippen LogP contribution in [0.1, 0.15) is 19.3 Å². The zero-order valence-corrected chi connectivity index (χ0v) is 16.7. The fourth-order valence-corrected chi connectivity index (χ4v) is 2.14. The lowest BCUT2D eigenvalue weighted by Gasteiger charge is -2.22. The van der Waals surface area contributed by atoms with Crippen LogP contribution in [0.5, 0.6) is 0 Å². The van der Waals surface area contributed by atoms with Crippen LogP contribution in [-0.4, -0.2) is 74.9 Å². The molecular formula is C13H32Cl4N4O2. The molecule has 4 N–H and O–H groups in total. The fourth-order valence-electron chi connectivity index (χ4n) is 2.14. The molecular weight excluding hydrogens is 386 g/mol. The first-order valence-electron chi connectivity index (χ1n) is 7.35. The van der Waals surface area contributed by atoms with Crippen LogP contribution in [0.15, 0.2) is 0 Å². The zero-order valence-electron chi connectivity index (χ0n) is 13.4. The summed E-state index contributed by atoms with van der Waals surface area (Å²) in [6.07, 6.45) is 2.44. The van der Waals surface area contributed by atoms with Gasteiger partial charge in [0.1, 0.15) is 0 Å². The summed E-state index contributed by atoms with van der Waals surface area (Å²) in [5, 5.41) is 19.0. The van der Waals surface area contributed by atoms with Gasteiger partial charge in [0.25, 0.3) is 0 Å². The topological polar surface area (TPSA) is 76.6 Å². The summed E-state index contributed by atoms with van der Waals surface area (Å²) in [4.78, 5) is 12.9. The Labute approximate surface area is 164 Å². The highest BCUT2D eigenvalue weighted by molar-refractivity contribution is 5.86. The maximum Gasteiger partial charge on any atom is 0.304 e. The summed E-state index contributed by atoms with van der Waals surface area (Å²) < 4.78 is 0. The number of carbonyl (C=O) groups is 1. The third-order valence-corrected chi connectivity index (χ3v) is 3.26. The van der Waals surface area contributed by atoms with Crippen molar-refractivity contribution in [1.82, 2.24) is 20.9 Å². The minimum Gasteiger partial charge on any atom is -0.481 e. The lowest BCUT2D eigenvalue weighted by Crippen LogP contribution is -2.37. The van der Waals surface area contributed by atoms with Crippen LogP contribution < -0.4 is 16.0 Å². The highest BCUT2D eigenvalue weighted by Gasteiger charge is 2.07. The fraction of sp³-hybridized carbons (Fsp3) is 0.923. The molecule has 0 unspecified atom stereocenters. The molecule has 1 saturated heterocycles. The molecule has 0 saturated carbocycles. The Morgan fingerprint density at radius 3 is 1.87 bits per heavy atom. The first kappa shape index (κ1) is 31.3. The standard InChI is InChI=1S/C13H28N4O2.4ClH/c18-13(19)3-11-17-10-2-6-15-8-7-14-4-1-5-16-9-12-17;;;;/h14-16H,1-12H2,(H,18,19);4*1H. The van der Waals surface area contributed by atoms with Gasteiger partial charge in [-0.3, -0.25) is 4.79 Å². The highest BCUT2D eigenvalue weighted by Crippen LogP contribution is 1.94. The van der Waals surface area contributed by atoms with Crippen LogP contribution in [0.25, 0.3) is 0 Å². The van der Waals surface area contributed by atoms with E-state index in [0.29, 0.717) is 6.54 Å². The van der Waals surface area contributed by atoms with Gasteiger partial charge in [-0.1, -0.05) is 0 Å². The van der Waals surface area contributed by atoms with Gasteiger partial charge in [-0.25, -0.2) is 0 Å². The Bertz CT molecular complexity index is 240. The average molecular weight is 418 g/mol. The summed E-state index contributed by atoms with van der Waals surface area (Å²) >= 11 is 0. The van der Waals surface area contributed by atoms with Crippen LogP contribution in [0.2, 0.25) is 0 Å². The van der Waals surface area contributed by atoms with Gasteiger partial charge in [0.15, 0.2) is 0 Å². The number of rotatable bonds is 3. The maximum atomic E-state index is 10.6. The molecule has 0 atom stereocenters. The minimum atomic E-state index is -0.712. The molecule has 0 aromatic rings. The summed E-state index contributed by atoms with van der Waals surface area (Å²) in [6.45, 7) is 8.58. The lowest BCUT2D eigenvalue weighted by atomic mass is 10.3. The Morgan fingerprint density at radius 1 is 0.783 bits per heavy atom. The SMILES string of the molecule is Cl.Cl.Cl.Cl.O=C(O)CCN1CCCNCCNCCCNCC1. The van der Waals surface area contributed by atoms with E-state index in [9.17, 15) is 4.79 Å². The smallest absolute Gasteiger partial charge is 0.304 e. The molecule has 0 radical (unpaired) electrons. The van der Waals surface area contributed by atoms with E-state index in [1.165, 1.54) is 0 Å². The van der Waals surface area contributed by atoms with Gasteiger partial charge in [0, 0.05) is 32.7 Å². The number of hydrogen-bond donors (Lipinski definition) is 4. The van der Waals surface area contributed by atoms with Gasteiger partial charge < -0.3 is 26.0 Å². The normalized spacial score (nSPS) is 17.9. The third kappa shape index (κ3) is 20.4. The van der Waals surface area contributed by atoms with Crippen molar-refractivity contribution in [3.8, 4) is 0 Å². The van der Waals surface area contributed by atoms with Crippen molar-refractivity contribution < 1.29 is 9.90 Å². The van der Waals surface area contributed by atoms with E-state index in [2.05, 4.69) is 20.9 Å². The number of carboxylic acid groups (broad SMARTS) is 1. The molecule has 0 amide bonds. The molecule has 1 rings (SSSR count). The van der Waals surface area contributed by atoms with E-state index in [0.717, 1.165) is 65.2 Å². The first-order chi connectivity index (χ1) is 9.29. The van der Waals surface area contributed by atoms with Gasteiger partial charge in [-0.15, -0.1) is 49.6 Å². The number of nitrogens with one attached hydrogen (secondary N) is 3. The van der Waals surface area contributed by atoms with E-state index in [1.54, 1.807) is 0 Å². The summed E-state index contributed by atoms with van der Waals surface area (Å²) in [7, 11) is 0. The third-order valence-electron chi connectivity index (χ3n) is 3.26. The molecule has 1 aliphatic rings. The lowest BCUT2D eigenvalue weighted by molar-refractivity contribution is -0.137. The predicted molar refractivity (Wildman–Crippen MR) is 106 cm³/mol. The summed E-state index contributed by atoms with van der Waals surface area (Å²) in [5.74, 6) is -0.712. The van der Waals surface area contributed by atoms with E-state index >= 15 is 0 Å². The number of hydrogen-bond acceptors (Lipinski definition) is 5. The minimum absolute atomic E-state index is 0. The molecule has 1 aliphatic heterocycles. The van der Waals surface area contributed by atoms with Crippen LogP contribution in [0.3, 0.4) is 0 Å². The van der Waals surface area contributed by atoms with Crippen molar-refractivity contribution in [2.75, 3.05) is 58.9 Å². The van der Waals surface area contributed by atoms with Gasteiger partial charge in [0.2, 0.25) is 0 Å². The van der Waals surface area contributed by atoms with Crippen LogP contribution >= 0.6 is 49.6 Å². The molecule has 0 aromatic heterocycles. The quantitative estimate of drug-likeness (QED) is 0.549. The number of halogens is 4. The van der Waals surface area contributed by atoms with Gasteiger partial charge in [-0.2, -0.15) is 0 Å². The Hall–Kier alpha value is 0.470. The van der Waals surface area contributed by atoms with Crippen molar-refractivity contribution in [2.45, 2.75) is 19.3 Å². The molecule has 0 bridgehead atoms. The second-order valence-electron chi connectivity index (χ2n) is 4.94. The molecule has 144 valence electrons. The number of aliphatic carboxylic acids is 1. The summed E-state index contributed by atoms with van der Waals surface area (Å²) in [5.41, 5.74) is 0. The van der Waals surface area contributed by atoms with Crippen molar-refractivity contribution in [2.24, 2.45) is 0 Å². The van der Waals surface area contributed by atoms with E-state index < -0.39 is 5.97 Å². The molecule has 6 nitrogen and oxygen atoms in total. The Morgan fingerprint density at radius 2 is 1.30 bits per heavy atom. The van der Waals surface area contributed by atoms with Gasteiger partial charge in [-0.05, 0) is 39.0 Å². The first-order valence-corrected chi connectivity index (χ1v) is 7.35. The van der Waals surface area contributed by atoms with Crippen LogP contribution in [0, 0.1) is 0 Å². The molecule has 23 heavy (non-hydrogen) atoms. The molecule has 0 aromatic carbocycles. The van der Waals surface area contributed by atoms with E-state index in [-0.39, 0.29) is 56.0 Å².